The fourth-order valence-electron chi connectivity index (χ4n) is 3.53. The second-order valence-electron chi connectivity index (χ2n) is 7.87. The Hall–Kier alpha value is -1.36. The number of aromatic nitrogens is 2. The number of aromatic amines is 1. The van der Waals surface area contributed by atoms with E-state index in [1.54, 1.807) is 0 Å². The van der Waals surface area contributed by atoms with Crippen LogP contribution in [0.2, 0.25) is 0 Å². The van der Waals surface area contributed by atoms with E-state index in [9.17, 15) is 4.79 Å². The minimum absolute atomic E-state index is 0.0405. The Labute approximate surface area is 140 Å². The molecule has 2 N–H and O–H groups in total. The van der Waals surface area contributed by atoms with Gasteiger partial charge >= 0.3 is 0 Å². The van der Waals surface area contributed by atoms with Gasteiger partial charge in [0.25, 0.3) is 5.91 Å². The third-order valence-corrected chi connectivity index (χ3v) is 4.79. The van der Waals surface area contributed by atoms with E-state index in [2.05, 4.69) is 55.0 Å². The van der Waals surface area contributed by atoms with E-state index in [1.807, 2.05) is 6.07 Å². The molecule has 1 aromatic heterocycles. The average Bonchev–Trinajstić information content (AvgIpc) is 2.93. The topological polar surface area (TPSA) is 61.0 Å². The largest absolute Gasteiger partial charge is 0.349 e. The van der Waals surface area contributed by atoms with Crippen LogP contribution in [0.15, 0.2) is 6.07 Å². The molecule has 2 atom stereocenters. The monoisotopic (exact) mass is 320 g/mol. The number of nitrogens with one attached hydrogen (secondary N) is 2. The van der Waals surface area contributed by atoms with Gasteiger partial charge < -0.3 is 5.32 Å². The lowest BCUT2D eigenvalue weighted by molar-refractivity contribution is 0.0444. The summed E-state index contributed by atoms with van der Waals surface area (Å²) in [5.74, 6) is 1.35. The van der Waals surface area contributed by atoms with E-state index in [1.165, 1.54) is 6.42 Å². The SMILES string of the molecule is CCCc1cc(C(=O)NCC(C)(C)N2CC(C)CC(C)C2)n[nH]1. The van der Waals surface area contributed by atoms with Crippen molar-refractivity contribution < 1.29 is 4.79 Å². The van der Waals surface area contributed by atoms with Gasteiger partial charge in [-0.15, -0.1) is 0 Å². The van der Waals surface area contributed by atoms with E-state index in [0.29, 0.717) is 12.2 Å². The zero-order valence-electron chi connectivity index (χ0n) is 15.3. The van der Waals surface area contributed by atoms with Crippen LogP contribution in [0.5, 0.6) is 0 Å². The summed E-state index contributed by atoms with van der Waals surface area (Å²) in [5.41, 5.74) is 1.47. The number of nitrogens with zero attached hydrogens (tertiary/aromatic N) is 2. The first-order valence-electron chi connectivity index (χ1n) is 8.89. The summed E-state index contributed by atoms with van der Waals surface area (Å²) in [6.45, 7) is 14.0. The number of piperidine rings is 1. The molecule has 0 saturated carbocycles. The molecule has 1 aromatic rings. The molecule has 2 unspecified atom stereocenters. The van der Waals surface area contributed by atoms with Crippen molar-refractivity contribution in [1.29, 1.82) is 0 Å². The maximum atomic E-state index is 12.3. The van der Waals surface area contributed by atoms with Gasteiger partial charge in [-0.3, -0.25) is 14.8 Å². The highest BCUT2D eigenvalue weighted by Crippen LogP contribution is 2.26. The fourth-order valence-corrected chi connectivity index (χ4v) is 3.53. The van der Waals surface area contributed by atoms with Crippen LogP contribution in [0.3, 0.4) is 0 Å². The van der Waals surface area contributed by atoms with Crippen molar-refractivity contribution in [2.24, 2.45) is 11.8 Å². The van der Waals surface area contributed by atoms with Gasteiger partial charge in [-0.2, -0.15) is 5.10 Å². The summed E-state index contributed by atoms with van der Waals surface area (Å²) in [6.07, 6.45) is 3.27. The minimum Gasteiger partial charge on any atom is -0.349 e. The summed E-state index contributed by atoms with van der Waals surface area (Å²) in [7, 11) is 0. The van der Waals surface area contributed by atoms with Crippen LogP contribution in [-0.4, -0.2) is 46.2 Å². The molecule has 2 heterocycles. The van der Waals surface area contributed by atoms with Gasteiger partial charge in [0.2, 0.25) is 0 Å². The lowest BCUT2D eigenvalue weighted by Gasteiger charge is -2.45. The van der Waals surface area contributed by atoms with Crippen LogP contribution in [0, 0.1) is 11.8 Å². The fraction of sp³-hybridized carbons (Fsp3) is 0.778. The minimum atomic E-state index is -0.0882. The van der Waals surface area contributed by atoms with Crippen LogP contribution < -0.4 is 5.32 Å². The summed E-state index contributed by atoms with van der Waals surface area (Å²) in [6, 6.07) is 1.86. The van der Waals surface area contributed by atoms with Crippen LogP contribution in [0.4, 0.5) is 0 Å². The second-order valence-corrected chi connectivity index (χ2v) is 7.87. The number of likely N-dealkylation sites (tertiary alicyclic amines) is 1. The van der Waals surface area contributed by atoms with Crippen molar-refractivity contribution in [3.63, 3.8) is 0 Å². The first-order valence-corrected chi connectivity index (χ1v) is 8.89. The Balaban J connectivity index is 1.91. The van der Waals surface area contributed by atoms with Gasteiger partial charge in [-0.1, -0.05) is 27.2 Å². The number of rotatable bonds is 6. The van der Waals surface area contributed by atoms with Crippen molar-refractivity contribution >= 4 is 5.91 Å². The standard InChI is InChI=1S/C18H32N4O/c1-6-7-15-9-16(21-20-15)17(23)19-12-18(4,5)22-10-13(2)8-14(3)11-22/h9,13-14H,6-8,10-12H2,1-5H3,(H,19,23)(H,20,21). The second kappa shape index (κ2) is 7.47. The van der Waals surface area contributed by atoms with Gasteiger partial charge in [-0.05, 0) is 44.6 Å². The number of H-pyrrole nitrogens is 1. The number of carbonyl (C=O) groups excluding carboxylic acids is 1. The van der Waals surface area contributed by atoms with E-state index < -0.39 is 0 Å². The number of carbonyl (C=O) groups is 1. The quantitative estimate of drug-likeness (QED) is 0.847. The molecule has 2 rings (SSSR count). The van der Waals surface area contributed by atoms with E-state index >= 15 is 0 Å². The molecule has 5 heteroatoms. The van der Waals surface area contributed by atoms with Crippen molar-refractivity contribution in [1.82, 2.24) is 20.4 Å². The van der Waals surface area contributed by atoms with E-state index in [0.717, 1.165) is 43.5 Å². The van der Waals surface area contributed by atoms with Gasteiger partial charge in [0.15, 0.2) is 0 Å². The first kappa shape index (κ1) is 18.0. The molecule has 1 saturated heterocycles. The highest BCUT2D eigenvalue weighted by Gasteiger charge is 2.33. The molecule has 1 aliphatic heterocycles. The van der Waals surface area contributed by atoms with Crippen molar-refractivity contribution in [3.8, 4) is 0 Å². The summed E-state index contributed by atoms with van der Waals surface area (Å²) < 4.78 is 0. The van der Waals surface area contributed by atoms with Gasteiger partial charge in [-0.25, -0.2) is 0 Å². The average molecular weight is 320 g/mol. The first-order chi connectivity index (χ1) is 10.8. The third kappa shape index (κ3) is 4.80. The predicted octanol–water partition coefficient (Wildman–Crippen LogP) is 2.85. The zero-order valence-corrected chi connectivity index (χ0v) is 15.3. The van der Waals surface area contributed by atoms with Gasteiger partial charge in [0.05, 0.1) is 0 Å². The van der Waals surface area contributed by atoms with Crippen molar-refractivity contribution in [3.05, 3.63) is 17.5 Å². The highest BCUT2D eigenvalue weighted by atomic mass is 16.1. The maximum absolute atomic E-state index is 12.3. The molecule has 130 valence electrons. The number of amides is 1. The molecular formula is C18H32N4O. The number of aryl methyl sites for hydroxylation is 1. The molecule has 0 radical (unpaired) electrons. The third-order valence-electron chi connectivity index (χ3n) is 4.79. The van der Waals surface area contributed by atoms with Crippen LogP contribution >= 0.6 is 0 Å². The van der Waals surface area contributed by atoms with Crippen LogP contribution in [-0.2, 0) is 6.42 Å². The Morgan fingerprint density at radius 1 is 1.39 bits per heavy atom. The Kier molecular flexibility index (Phi) is 5.84. The molecule has 0 aliphatic carbocycles. The highest BCUT2D eigenvalue weighted by molar-refractivity contribution is 5.92. The molecule has 0 bridgehead atoms. The molecule has 0 aromatic carbocycles. The van der Waals surface area contributed by atoms with E-state index in [4.69, 9.17) is 0 Å². The van der Waals surface area contributed by atoms with Crippen LogP contribution in [0.1, 0.15) is 63.6 Å². The summed E-state index contributed by atoms with van der Waals surface area (Å²) >= 11 is 0. The van der Waals surface area contributed by atoms with Crippen LogP contribution in [0.25, 0.3) is 0 Å². The van der Waals surface area contributed by atoms with Crippen molar-refractivity contribution in [2.45, 2.75) is 59.4 Å². The molecule has 23 heavy (non-hydrogen) atoms. The Bertz CT molecular complexity index is 513. The maximum Gasteiger partial charge on any atom is 0.271 e. The smallest absolute Gasteiger partial charge is 0.271 e. The van der Waals surface area contributed by atoms with Gasteiger partial charge in [0.1, 0.15) is 5.69 Å². The molecule has 5 nitrogen and oxygen atoms in total. The Morgan fingerprint density at radius 2 is 2.04 bits per heavy atom. The van der Waals surface area contributed by atoms with Gasteiger partial charge in [0, 0.05) is 30.9 Å². The molecule has 0 spiro atoms. The Morgan fingerprint density at radius 3 is 2.65 bits per heavy atom. The molecular weight excluding hydrogens is 288 g/mol. The number of hydrogen-bond acceptors (Lipinski definition) is 3. The number of hydrogen-bond donors (Lipinski definition) is 2. The zero-order chi connectivity index (χ0) is 17.0. The van der Waals surface area contributed by atoms with Crippen molar-refractivity contribution in [2.75, 3.05) is 19.6 Å². The summed E-state index contributed by atoms with van der Waals surface area (Å²) in [4.78, 5) is 14.8. The summed E-state index contributed by atoms with van der Waals surface area (Å²) in [5, 5.41) is 10.1. The molecule has 1 aliphatic rings. The lowest BCUT2D eigenvalue weighted by atomic mass is 9.88. The molecule has 1 amide bonds. The van der Waals surface area contributed by atoms with E-state index in [-0.39, 0.29) is 11.4 Å². The lowest BCUT2D eigenvalue weighted by Crippen LogP contribution is -2.56. The normalized spacial score (nSPS) is 23.0. The molecule has 1 fully saturated rings. The predicted molar refractivity (Wildman–Crippen MR) is 93.5 cm³/mol.